The zero-order valence-electron chi connectivity index (χ0n) is 8.85. The van der Waals surface area contributed by atoms with Crippen molar-refractivity contribution in [2.24, 2.45) is 0 Å². The van der Waals surface area contributed by atoms with Crippen molar-refractivity contribution >= 4 is 16.8 Å². The van der Waals surface area contributed by atoms with Gasteiger partial charge in [-0.25, -0.2) is 0 Å². The van der Waals surface area contributed by atoms with Crippen LogP contribution in [-0.2, 0) is 31.1 Å². The summed E-state index contributed by atoms with van der Waals surface area (Å²) in [4.78, 5) is 27.5. The van der Waals surface area contributed by atoms with E-state index in [1.807, 2.05) is 0 Å². The molecule has 0 aliphatic heterocycles. The SMILES string of the molecule is CCCCS(CCCC)=P(O)(O)O.[Mo]. The molecule has 88 valence electrons. The second kappa shape index (κ2) is 9.57. The summed E-state index contributed by atoms with van der Waals surface area (Å²) in [6.45, 7) is 0.569. The molecule has 0 spiro atoms. The van der Waals surface area contributed by atoms with Crippen LogP contribution in [0.2, 0.25) is 0 Å². The first-order valence-electron chi connectivity index (χ1n) is 4.77. The number of rotatable bonds is 6. The molecule has 3 N–H and O–H groups in total. The molecule has 0 aliphatic carbocycles. The third-order valence-corrected chi connectivity index (χ3v) is 7.20. The molecule has 14 heavy (non-hydrogen) atoms. The van der Waals surface area contributed by atoms with Crippen molar-refractivity contribution in [3.63, 3.8) is 0 Å². The monoisotopic (exact) mass is 326 g/mol. The predicted octanol–water partition coefficient (Wildman–Crippen LogP) is 1.86. The molecule has 0 fully saturated rings. The Kier molecular flexibility index (Phi) is 12.1. The maximum Gasteiger partial charge on any atom is 0.277 e. The second-order valence-corrected chi connectivity index (χ2v) is 8.88. The van der Waals surface area contributed by atoms with E-state index < -0.39 is 16.8 Å². The fraction of sp³-hybridized carbons (Fsp3) is 1.00. The molecule has 0 atom stereocenters. The van der Waals surface area contributed by atoms with Crippen molar-refractivity contribution in [3.05, 3.63) is 0 Å². The van der Waals surface area contributed by atoms with Crippen LogP contribution in [0.15, 0.2) is 0 Å². The summed E-state index contributed by atoms with van der Waals surface area (Å²) in [6.07, 6.45) is 4.01. The van der Waals surface area contributed by atoms with Gasteiger partial charge in [0.15, 0.2) is 0 Å². The first-order valence-corrected chi connectivity index (χ1v) is 8.59. The minimum Gasteiger partial charge on any atom is -0.329 e. The minimum atomic E-state index is -3.56. The standard InChI is InChI=1S/C8H21O3PS.Mo/c1-3-5-7-13(8-6-4-2)12(9,10)11;/h9-11H,3-8H2,1-2H3;. The topological polar surface area (TPSA) is 60.7 Å². The van der Waals surface area contributed by atoms with Crippen molar-refractivity contribution in [3.8, 4) is 0 Å². The van der Waals surface area contributed by atoms with Gasteiger partial charge in [-0.2, -0.15) is 0 Å². The van der Waals surface area contributed by atoms with Crippen molar-refractivity contribution < 1.29 is 35.7 Å². The molecule has 0 saturated carbocycles. The summed E-state index contributed by atoms with van der Waals surface area (Å²) in [6, 6.07) is 0. The molecule has 0 unspecified atom stereocenters. The van der Waals surface area contributed by atoms with Crippen LogP contribution in [-0.4, -0.2) is 26.2 Å². The van der Waals surface area contributed by atoms with Crippen molar-refractivity contribution in [2.75, 3.05) is 11.5 Å². The van der Waals surface area contributed by atoms with Crippen LogP contribution in [0.1, 0.15) is 39.5 Å². The molecule has 0 radical (unpaired) electrons. The maximum atomic E-state index is 9.17. The van der Waals surface area contributed by atoms with Gasteiger partial charge >= 0.3 is 0 Å². The van der Waals surface area contributed by atoms with Gasteiger partial charge in [0.25, 0.3) is 6.72 Å². The summed E-state index contributed by atoms with van der Waals surface area (Å²) < 4.78 is 0. The molecule has 0 aromatic heterocycles. The average Bonchev–Trinajstić information content (AvgIpc) is 2.02. The smallest absolute Gasteiger partial charge is 0.277 e. The van der Waals surface area contributed by atoms with Crippen LogP contribution in [0.3, 0.4) is 0 Å². The Hall–Kier alpha value is 1.35. The van der Waals surface area contributed by atoms with Gasteiger partial charge < -0.3 is 14.7 Å². The summed E-state index contributed by atoms with van der Waals surface area (Å²) in [5.41, 5.74) is 0. The van der Waals surface area contributed by atoms with E-state index in [0.29, 0.717) is 0 Å². The third-order valence-electron chi connectivity index (χ3n) is 1.81. The van der Waals surface area contributed by atoms with Crippen LogP contribution in [0.25, 0.3) is 0 Å². The molecular formula is C8H21MoO3PS. The van der Waals surface area contributed by atoms with E-state index in [4.69, 9.17) is 14.7 Å². The Morgan fingerprint density at radius 2 is 1.29 bits per heavy atom. The predicted molar refractivity (Wildman–Crippen MR) is 60.5 cm³/mol. The Morgan fingerprint density at radius 1 is 0.929 bits per heavy atom. The first-order chi connectivity index (χ1) is 6.02. The van der Waals surface area contributed by atoms with Gasteiger partial charge in [-0.3, -0.25) is 0 Å². The molecule has 0 aromatic carbocycles. The quantitative estimate of drug-likeness (QED) is 0.516. The minimum absolute atomic E-state index is 0. The zero-order valence-corrected chi connectivity index (χ0v) is 12.6. The van der Waals surface area contributed by atoms with Gasteiger partial charge in [0, 0.05) is 21.1 Å². The van der Waals surface area contributed by atoms with E-state index >= 15 is 0 Å². The van der Waals surface area contributed by atoms with E-state index in [0.717, 1.165) is 37.2 Å². The fourth-order valence-electron chi connectivity index (χ4n) is 0.969. The van der Waals surface area contributed by atoms with Gasteiger partial charge in [0.05, 0.1) is 0 Å². The fourth-order valence-corrected chi connectivity index (χ4v) is 5.15. The van der Waals surface area contributed by atoms with Gasteiger partial charge in [0.1, 0.15) is 0 Å². The molecule has 0 aliphatic rings. The first kappa shape index (κ1) is 17.7. The average molecular weight is 324 g/mol. The number of unbranched alkanes of at least 4 members (excludes halogenated alkanes) is 2. The Balaban J connectivity index is 0. The van der Waals surface area contributed by atoms with Crippen molar-refractivity contribution in [2.45, 2.75) is 39.5 Å². The Bertz CT molecular complexity index is 175. The molecule has 0 saturated heterocycles. The Labute approximate surface area is 103 Å². The zero-order chi connectivity index (χ0) is 10.3. The van der Waals surface area contributed by atoms with Gasteiger partial charge in [-0.1, -0.05) is 26.7 Å². The van der Waals surface area contributed by atoms with E-state index in [1.165, 1.54) is 0 Å². The van der Waals surface area contributed by atoms with Crippen LogP contribution >= 0.6 is 6.72 Å². The number of hydrogen-bond acceptors (Lipinski definition) is 0. The summed E-state index contributed by atoms with van der Waals surface area (Å²) in [5, 5.41) is 0. The van der Waals surface area contributed by atoms with Gasteiger partial charge in [0.2, 0.25) is 0 Å². The van der Waals surface area contributed by atoms with Gasteiger partial charge in [-0.05, 0) is 24.3 Å². The van der Waals surface area contributed by atoms with Crippen LogP contribution < -0.4 is 0 Å². The van der Waals surface area contributed by atoms with E-state index in [9.17, 15) is 0 Å². The van der Waals surface area contributed by atoms with Crippen LogP contribution in [0.5, 0.6) is 0 Å². The molecule has 0 amide bonds. The van der Waals surface area contributed by atoms with Crippen molar-refractivity contribution in [1.82, 2.24) is 0 Å². The molecule has 0 heterocycles. The molecule has 0 bridgehead atoms. The van der Waals surface area contributed by atoms with Gasteiger partial charge in [-0.15, -0.1) is 10.1 Å². The van der Waals surface area contributed by atoms with E-state index in [-0.39, 0.29) is 21.1 Å². The molecule has 6 heteroatoms. The summed E-state index contributed by atoms with van der Waals surface area (Å²) in [7, 11) is -0.564. The van der Waals surface area contributed by atoms with Crippen LogP contribution in [0.4, 0.5) is 0 Å². The molecule has 3 nitrogen and oxygen atoms in total. The van der Waals surface area contributed by atoms with Crippen LogP contribution in [0, 0.1) is 0 Å². The number of hydrogen-bond donors (Lipinski definition) is 3. The Morgan fingerprint density at radius 3 is 1.50 bits per heavy atom. The molecular weight excluding hydrogens is 303 g/mol. The molecule has 0 aromatic rings. The largest absolute Gasteiger partial charge is 0.329 e. The molecule has 0 rings (SSSR count). The third kappa shape index (κ3) is 8.64. The van der Waals surface area contributed by atoms with E-state index in [2.05, 4.69) is 13.8 Å². The second-order valence-electron chi connectivity index (χ2n) is 3.09. The van der Waals surface area contributed by atoms with Crippen molar-refractivity contribution in [1.29, 1.82) is 0 Å². The van der Waals surface area contributed by atoms with E-state index in [1.54, 1.807) is 0 Å². The summed E-state index contributed by atoms with van der Waals surface area (Å²) in [5.74, 6) is 1.52. The maximum absolute atomic E-state index is 9.17. The summed E-state index contributed by atoms with van der Waals surface area (Å²) >= 11 is 0. The normalized spacial score (nSPS) is 11.6.